The maximum atomic E-state index is 11.9. The molecule has 130 valence electrons. The van der Waals surface area contributed by atoms with Crippen molar-refractivity contribution in [2.24, 2.45) is 11.3 Å². The third-order valence-corrected chi connectivity index (χ3v) is 6.38. The molecule has 0 radical (unpaired) electrons. The van der Waals surface area contributed by atoms with E-state index in [9.17, 15) is 14.9 Å². The molecule has 1 aliphatic carbocycles. The number of fused-ring (bicyclic) bond motifs is 1. The Kier molecular flexibility index (Phi) is 5.66. The van der Waals surface area contributed by atoms with E-state index in [4.69, 9.17) is 5.11 Å². The van der Waals surface area contributed by atoms with Gasteiger partial charge in [0.2, 0.25) is 5.91 Å². The first kappa shape index (κ1) is 18.5. The van der Waals surface area contributed by atoms with Crippen LogP contribution in [0.15, 0.2) is 0 Å². The first-order valence-electron chi connectivity index (χ1n) is 8.34. The van der Waals surface area contributed by atoms with Crippen molar-refractivity contribution < 1.29 is 14.7 Å². The molecule has 0 fully saturated rings. The fourth-order valence-electron chi connectivity index (χ4n) is 3.16. The average Bonchev–Trinajstić information content (AvgIpc) is 2.88. The maximum absolute atomic E-state index is 11.9. The summed E-state index contributed by atoms with van der Waals surface area (Å²) in [5.41, 5.74) is 1.89. The first-order chi connectivity index (χ1) is 11.3. The summed E-state index contributed by atoms with van der Waals surface area (Å²) in [5, 5.41) is 21.5. The fraction of sp³-hybridized carbons (Fsp3) is 0.611. The third-order valence-electron chi connectivity index (χ3n) is 5.21. The van der Waals surface area contributed by atoms with Gasteiger partial charge in [0.15, 0.2) is 0 Å². The Morgan fingerprint density at radius 3 is 2.71 bits per heavy atom. The molecule has 24 heavy (non-hydrogen) atoms. The normalized spacial score (nSPS) is 17.0. The predicted octanol–water partition coefficient (Wildman–Crippen LogP) is 3.96. The van der Waals surface area contributed by atoms with Crippen molar-refractivity contribution >= 4 is 28.2 Å². The summed E-state index contributed by atoms with van der Waals surface area (Å²) in [4.78, 5) is 23.7. The van der Waals surface area contributed by atoms with Crippen molar-refractivity contribution in [2.75, 3.05) is 5.32 Å². The number of thiophene rings is 1. The molecule has 2 N–H and O–H groups in total. The Bertz CT molecular complexity index is 685. The van der Waals surface area contributed by atoms with Crippen LogP contribution in [0.3, 0.4) is 0 Å². The van der Waals surface area contributed by atoms with Gasteiger partial charge in [0.25, 0.3) is 0 Å². The standard InChI is InChI=1S/C18H24N2O3S/c1-4-18(2,3)11-5-6-12-13(10-19)17(24-14(12)9-11)20-15(21)7-8-16(22)23/h11H,4-9H2,1-3H3,(H,20,21)(H,22,23). The number of carbonyl (C=O) groups is 2. The summed E-state index contributed by atoms with van der Waals surface area (Å²) in [6.45, 7) is 6.78. The van der Waals surface area contributed by atoms with Gasteiger partial charge in [-0.15, -0.1) is 11.3 Å². The zero-order valence-corrected chi connectivity index (χ0v) is 15.3. The highest BCUT2D eigenvalue weighted by Gasteiger charge is 2.34. The summed E-state index contributed by atoms with van der Waals surface area (Å²) in [6.07, 6.45) is 3.71. The highest BCUT2D eigenvalue weighted by molar-refractivity contribution is 7.16. The number of aliphatic carboxylic acids is 1. The van der Waals surface area contributed by atoms with Gasteiger partial charge in [-0.2, -0.15) is 5.26 Å². The van der Waals surface area contributed by atoms with E-state index >= 15 is 0 Å². The number of carbonyl (C=O) groups excluding carboxylic acids is 1. The predicted molar refractivity (Wildman–Crippen MR) is 94.1 cm³/mol. The lowest BCUT2D eigenvalue weighted by atomic mass is 9.69. The summed E-state index contributed by atoms with van der Waals surface area (Å²) >= 11 is 1.48. The Balaban J connectivity index is 2.18. The quantitative estimate of drug-likeness (QED) is 0.814. The second-order valence-corrected chi connectivity index (χ2v) is 8.15. The lowest BCUT2D eigenvalue weighted by Crippen LogP contribution is -2.28. The highest BCUT2D eigenvalue weighted by Crippen LogP contribution is 2.45. The van der Waals surface area contributed by atoms with Gasteiger partial charge >= 0.3 is 5.97 Å². The zero-order chi connectivity index (χ0) is 17.9. The van der Waals surface area contributed by atoms with Gasteiger partial charge in [0.05, 0.1) is 12.0 Å². The van der Waals surface area contributed by atoms with E-state index in [1.807, 2.05) is 0 Å². The number of amides is 1. The molecule has 1 atom stereocenters. The summed E-state index contributed by atoms with van der Waals surface area (Å²) in [6, 6.07) is 2.22. The van der Waals surface area contributed by atoms with E-state index in [1.165, 1.54) is 16.2 Å². The van der Waals surface area contributed by atoms with Gasteiger partial charge in [-0.25, -0.2) is 0 Å². The van der Waals surface area contributed by atoms with Crippen LogP contribution in [0.4, 0.5) is 5.00 Å². The van der Waals surface area contributed by atoms with E-state index in [-0.39, 0.29) is 24.2 Å². The maximum Gasteiger partial charge on any atom is 0.303 e. The highest BCUT2D eigenvalue weighted by atomic mass is 32.1. The van der Waals surface area contributed by atoms with Crippen LogP contribution in [-0.4, -0.2) is 17.0 Å². The number of hydrogen-bond donors (Lipinski definition) is 2. The second-order valence-electron chi connectivity index (χ2n) is 7.04. The summed E-state index contributed by atoms with van der Waals surface area (Å²) < 4.78 is 0. The van der Waals surface area contributed by atoms with Crippen LogP contribution in [-0.2, 0) is 22.4 Å². The second kappa shape index (κ2) is 7.35. The fourth-order valence-corrected chi connectivity index (χ4v) is 4.45. The lowest BCUT2D eigenvalue weighted by molar-refractivity contribution is -0.138. The van der Waals surface area contributed by atoms with E-state index in [2.05, 4.69) is 32.2 Å². The molecule has 0 aromatic carbocycles. The molecule has 1 aromatic rings. The van der Waals surface area contributed by atoms with Crippen LogP contribution in [0.25, 0.3) is 0 Å². The van der Waals surface area contributed by atoms with Crippen LogP contribution in [0, 0.1) is 22.7 Å². The van der Waals surface area contributed by atoms with Crippen LogP contribution >= 0.6 is 11.3 Å². The molecule has 0 aliphatic heterocycles. The minimum absolute atomic E-state index is 0.0751. The molecule has 5 nitrogen and oxygen atoms in total. The van der Waals surface area contributed by atoms with Crippen LogP contribution in [0.1, 0.15) is 62.5 Å². The van der Waals surface area contributed by atoms with E-state index in [0.717, 1.165) is 31.2 Å². The molecule has 2 rings (SSSR count). The number of rotatable bonds is 6. The SMILES string of the molecule is CCC(C)(C)C1CCc2c(sc(NC(=O)CCC(=O)O)c2C#N)C1. The van der Waals surface area contributed by atoms with Crippen molar-refractivity contribution in [1.82, 2.24) is 0 Å². The molecule has 0 saturated carbocycles. The smallest absolute Gasteiger partial charge is 0.303 e. The zero-order valence-electron chi connectivity index (χ0n) is 14.4. The molecule has 1 heterocycles. The topological polar surface area (TPSA) is 90.2 Å². The molecule has 1 aromatic heterocycles. The van der Waals surface area contributed by atoms with Gasteiger partial charge in [0.1, 0.15) is 11.1 Å². The summed E-state index contributed by atoms with van der Waals surface area (Å²) in [7, 11) is 0. The Hall–Kier alpha value is -1.87. The number of nitriles is 1. The molecule has 0 spiro atoms. The van der Waals surface area contributed by atoms with Crippen molar-refractivity contribution in [3.05, 3.63) is 16.0 Å². The molecular weight excluding hydrogens is 324 g/mol. The van der Waals surface area contributed by atoms with Crippen molar-refractivity contribution in [1.29, 1.82) is 5.26 Å². The molecule has 1 unspecified atom stereocenters. The molecule has 1 amide bonds. The number of carboxylic acid groups (broad SMARTS) is 1. The number of nitrogens with zero attached hydrogens (tertiary/aromatic N) is 1. The summed E-state index contributed by atoms with van der Waals surface area (Å²) in [5.74, 6) is -0.769. The Labute approximate surface area is 146 Å². The molecule has 0 saturated heterocycles. The van der Waals surface area contributed by atoms with E-state index in [1.54, 1.807) is 0 Å². The number of nitrogens with one attached hydrogen (secondary N) is 1. The first-order valence-corrected chi connectivity index (χ1v) is 9.16. The van der Waals surface area contributed by atoms with Crippen LogP contribution in [0.2, 0.25) is 0 Å². The Morgan fingerprint density at radius 2 is 2.12 bits per heavy atom. The molecule has 0 bridgehead atoms. The van der Waals surface area contributed by atoms with Crippen LogP contribution in [0.5, 0.6) is 0 Å². The van der Waals surface area contributed by atoms with Gasteiger partial charge in [0, 0.05) is 11.3 Å². The van der Waals surface area contributed by atoms with Crippen molar-refractivity contribution in [3.63, 3.8) is 0 Å². The number of hydrogen-bond acceptors (Lipinski definition) is 4. The van der Waals surface area contributed by atoms with Crippen molar-refractivity contribution in [3.8, 4) is 6.07 Å². The Morgan fingerprint density at radius 1 is 1.42 bits per heavy atom. The van der Waals surface area contributed by atoms with Gasteiger partial charge < -0.3 is 10.4 Å². The van der Waals surface area contributed by atoms with E-state index < -0.39 is 5.97 Å². The lowest BCUT2D eigenvalue weighted by Gasteiger charge is -2.36. The van der Waals surface area contributed by atoms with Gasteiger partial charge in [-0.1, -0.05) is 27.2 Å². The monoisotopic (exact) mass is 348 g/mol. The third kappa shape index (κ3) is 3.96. The van der Waals surface area contributed by atoms with Gasteiger partial charge in [-0.05, 0) is 36.2 Å². The molecule has 6 heteroatoms. The van der Waals surface area contributed by atoms with Gasteiger partial charge in [-0.3, -0.25) is 9.59 Å². The molecule has 1 aliphatic rings. The van der Waals surface area contributed by atoms with E-state index in [0.29, 0.717) is 16.5 Å². The minimum atomic E-state index is -0.999. The minimum Gasteiger partial charge on any atom is -0.481 e. The average molecular weight is 348 g/mol. The van der Waals surface area contributed by atoms with Crippen LogP contribution < -0.4 is 5.32 Å². The number of carboxylic acids is 1. The van der Waals surface area contributed by atoms with Crippen molar-refractivity contribution in [2.45, 2.75) is 59.3 Å². The molecular formula is C18H24N2O3S. The largest absolute Gasteiger partial charge is 0.481 e. The number of anilines is 1.